The van der Waals surface area contributed by atoms with E-state index in [0.29, 0.717) is 17.9 Å². The van der Waals surface area contributed by atoms with Crippen LogP contribution < -0.4 is 5.48 Å². The zero-order chi connectivity index (χ0) is 18.2. The van der Waals surface area contributed by atoms with Crippen LogP contribution in [-0.2, 0) is 38.0 Å². The first-order valence-electron chi connectivity index (χ1n) is 7.55. The maximum absolute atomic E-state index is 12.3. The number of carbonyl (C=O) groups is 2. The normalized spacial score (nSPS) is 23.2. The van der Waals surface area contributed by atoms with Gasteiger partial charge in [-0.2, -0.15) is 13.5 Å². The van der Waals surface area contributed by atoms with Gasteiger partial charge in [0.05, 0.1) is 6.04 Å². The molecule has 138 valence electrons. The molecule has 11 nitrogen and oxygen atoms in total. The molecule has 2 aliphatic heterocycles. The lowest BCUT2D eigenvalue weighted by molar-refractivity contribution is -0.140. The van der Waals surface area contributed by atoms with Gasteiger partial charge in [-0.05, 0) is 25.0 Å². The highest BCUT2D eigenvalue weighted by Gasteiger charge is 2.49. The number of aryl methyl sites for hydroxylation is 1. The van der Waals surface area contributed by atoms with Crippen LogP contribution >= 0.6 is 0 Å². The molecule has 0 aromatic carbocycles. The third-order valence-electron chi connectivity index (χ3n) is 4.24. The Bertz CT molecular complexity index is 777. The fourth-order valence-electron chi connectivity index (χ4n) is 3.00. The van der Waals surface area contributed by atoms with Crippen LogP contribution in [0.4, 0.5) is 4.79 Å². The summed E-state index contributed by atoms with van der Waals surface area (Å²) in [7, 11) is -2.97. The van der Waals surface area contributed by atoms with Crippen LogP contribution in [-0.4, -0.2) is 58.1 Å². The van der Waals surface area contributed by atoms with E-state index in [2.05, 4.69) is 9.76 Å². The van der Waals surface area contributed by atoms with Gasteiger partial charge in [0.1, 0.15) is 12.6 Å². The summed E-state index contributed by atoms with van der Waals surface area (Å²) < 4.78 is 36.6. The zero-order valence-electron chi connectivity index (χ0n) is 13.4. The van der Waals surface area contributed by atoms with Crippen molar-refractivity contribution in [2.75, 3.05) is 6.54 Å². The van der Waals surface area contributed by atoms with Crippen molar-refractivity contribution in [3.63, 3.8) is 0 Å². The van der Waals surface area contributed by atoms with Gasteiger partial charge in [-0.1, -0.05) is 0 Å². The number of hydroxylamine groups is 3. The van der Waals surface area contributed by atoms with Crippen molar-refractivity contribution in [1.29, 1.82) is 0 Å². The molecule has 0 radical (unpaired) electrons. The Kier molecular flexibility index (Phi) is 4.69. The standard InChI is InChI=1S/C13H18N4O7S/c1-15-6-2-3-10(15)8-23-14-12(18)11-5-4-9-7-16(11)13(19)17(9)24-25(20,21)22/h2-3,6,9,11H,4-5,7-8H2,1H3,(H,14,18)(H,20,21,22). The number of hydrogen-bond donors (Lipinski definition) is 2. The number of aromatic nitrogens is 1. The van der Waals surface area contributed by atoms with Crippen LogP contribution in [0.25, 0.3) is 0 Å². The highest BCUT2D eigenvalue weighted by Crippen LogP contribution is 2.30. The molecule has 12 heteroatoms. The number of fused-ring (bicyclic) bond motifs is 2. The Morgan fingerprint density at radius 1 is 1.44 bits per heavy atom. The van der Waals surface area contributed by atoms with E-state index in [0.717, 1.165) is 5.69 Å². The average molecular weight is 374 g/mol. The molecule has 3 heterocycles. The topological polar surface area (TPSA) is 130 Å². The van der Waals surface area contributed by atoms with Gasteiger partial charge in [0, 0.05) is 25.5 Å². The van der Waals surface area contributed by atoms with Crippen LogP contribution in [0.15, 0.2) is 18.3 Å². The van der Waals surface area contributed by atoms with E-state index in [1.165, 1.54) is 4.90 Å². The molecular weight excluding hydrogens is 356 g/mol. The van der Waals surface area contributed by atoms with Gasteiger partial charge in [-0.25, -0.2) is 10.3 Å². The molecule has 25 heavy (non-hydrogen) atoms. The quantitative estimate of drug-likeness (QED) is 0.511. The van der Waals surface area contributed by atoms with Crippen LogP contribution in [0.5, 0.6) is 0 Å². The summed E-state index contributed by atoms with van der Waals surface area (Å²) in [5.74, 6) is -0.505. The second-order valence-corrected chi connectivity index (χ2v) is 6.88. The molecule has 3 rings (SSSR count). The number of nitrogens with one attached hydrogen (secondary N) is 1. The summed E-state index contributed by atoms with van der Waals surface area (Å²) in [5.41, 5.74) is 3.17. The van der Waals surface area contributed by atoms with Gasteiger partial charge in [0.15, 0.2) is 0 Å². The summed E-state index contributed by atoms with van der Waals surface area (Å²) in [6.07, 6.45) is 2.52. The number of nitrogens with zero attached hydrogens (tertiary/aromatic N) is 3. The van der Waals surface area contributed by atoms with E-state index in [1.54, 1.807) is 0 Å². The highest BCUT2D eigenvalue weighted by molar-refractivity contribution is 7.80. The first-order valence-corrected chi connectivity index (χ1v) is 8.91. The third kappa shape index (κ3) is 3.76. The molecule has 1 aromatic rings. The van der Waals surface area contributed by atoms with Crippen LogP contribution in [0.1, 0.15) is 18.5 Å². The van der Waals surface area contributed by atoms with Crippen molar-refractivity contribution in [3.8, 4) is 0 Å². The Morgan fingerprint density at radius 2 is 2.20 bits per heavy atom. The van der Waals surface area contributed by atoms with E-state index in [9.17, 15) is 18.0 Å². The molecule has 0 aliphatic carbocycles. The average Bonchev–Trinajstić information content (AvgIpc) is 3.04. The number of urea groups is 1. The van der Waals surface area contributed by atoms with Gasteiger partial charge in [0.25, 0.3) is 5.91 Å². The molecule has 2 fully saturated rings. The van der Waals surface area contributed by atoms with Gasteiger partial charge in [-0.15, -0.1) is 4.28 Å². The second kappa shape index (κ2) is 6.63. The lowest BCUT2D eigenvalue weighted by Crippen LogP contribution is -2.49. The molecule has 2 saturated heterocycles. The molecule has 2 aliphatic rings. The molecule has 0 spiro atoms. The largest absolute Gasteiger partial charge is 0.418 e. The Balaban J connectivity index is 1.58. The first kappa shape index (κ1) is 17.7. The maximum Gasteiger partial charge on any atom is 0.418 e. The minimum Gasteiger partial charge on any atom is -0.352 e. The fourth-order valence-corrected chi connectivity index (χ4v) is 3.39. The Hall–Kier alpha value is -2.15. The van der Waals surface area contributed by atoms with Gasteiger partial charge in [0.2, 0.25) is 0 Å². The summed E-state index contributed by atoms with van der Waals surface area (Å²) in [6.45, 7) is 0.292. The summed E-state index contributed by atoms with van der Waals surface area (Å²) in [5, 5.41) is 0.591. The molecule has 2 unspecified atom stereocenters. The molecule has 2 N–H and O–H groups in total. The summed E-state index contributed by atoms with van der Waals surface area (Å²) >= 11 is 0. The van der Waals surface area contributed by atoms with E-state index in [4.69, 9.17) is 9.39 Å². The fraction of sp³-hybridized carbons (Fsp3) is 0.538. The van der Waals surface area contributed by atoms with Crippen molar-refractivity contribution in [2.24, 2.45) is 7.05 Å². The number of piperidine rings is 1. The Labute approximate surface area is 143 Å². The predicted octanol–water partition coefficient (Wildman–Crippen LogP) is -0.424. The molecule has 2 atom stereocenters. The van der Waals surface area contributed by atoms with Gasteiger partial charge in [-0.3, -0.25) is 14.2 Å². The first-order chi connectivity index (χ1) is 11.8. The van der Waals surface area contributed by atoms with Gasteiger partial charge >= 0.3 is 16.4 Å². The molecule has 1 aromatic heterocycles. The van der Waals surface area contributed by atoms with E-state index < -0.39 is 34.4 Å². The zero-order valence-corrected chi connectivity index (χ0v) is 14.2. The van der Waals surface area contributed by atoms with Crippen molar-refractivity contribution >= 4 is 22.3 Å². The van der Waals surface area contributed by atoms with E-state index in [-0.39, 0.29) is 13.2 Å². The predicted molar refractivity (Wildman–Crippen MR) is 81.7 cm³/mol. The van der Waals surface area contributed by atoms with Crippen LogP contribution in [0.2, 0.25) is 0 Å². The van der Waals surface area contributed by atoms with Crippen LogP contribution in [0.3, 0.4) is 0 Å². The van der Waals surface area contributed by atoms with Crippen molar-refractivity contribution in [1.82, 2.24) is 20.0 Å². The van der Waals surface area contributed by atoms with E-state index >= 15 is 0 Å². The molecular formula is C13H18N4O7S. The highest BCUT2D eigenvalue weighted by atomic mass is 32.3. The summed E-state index contributed by atoms with van der Waals surface area (Å²) in [4.78, 5) is 30.9. The van der Waals surface area contributed by atoms with Gasteiger partial charge < -0.3 is 9.47 Å². The monoisotopic (exact) mass is 374 g/mol. The number of rotatable bonds is 6. The minimum absolute atomic E-state index is 0.129. The summed E-state index contributed by atoms with van der Waals surface area (Å²) in [6, 6.07) is 1.55. The minimum atomic E-state index is -4.81. The SMILES string of the molecule is Cn1cccc1CONC(=O)C1CCC2CN1C(=O)N2OS(=O)(=O)O. The smallest absolute Gasteiger partial charge is 0.352 e. The molecule has 2 bridgehead atoms. The van der Waals surface area contributed by atoms with Crippen molar-refractivity contribution < 1.29 is 31.7 Å². The lowest BCUT2D eigenvalue weighted by Gasteiger charge is -2.28. The maximum atomic E-state index is 12.3. The molecule has 0 saturated carbocycles. The Morgan fingerprint density at radius 3 is 2.84 bits per heavy atom. The number of hydrogen-bond acceptors (Lipinski definition) is 6. The van der Waals surface area contributed by atoms with Crippen molar-refractivity contribution in [3.05, 3.63) is 24.0 Å². The second-order valence-electron chi connectivity index (χ2n) is 5.88. The van der Waals surface area contributed by atoms with Crippen molar-refractivity contribution in [2.45, 2.75) is 31.5 Å². The van der Waals surface area contributed by atoms with E-state index in [1.807, 2.05) is 29.9 Å². The number of amides is 3. The number of carbonyl (C=O) groups excluding carboxylic acids is 2. The van der Waals surface area contributed by atoms with Crippen LogP contribution in [0, 0.1) is 0 Å². The third-order valence-corrected chi connectivity index (χ3v) is 4.59. The molecule has 3 amide bonds. The lowest BCUT2D eigenvalue weighted by atomic mass is 10.0.